The van der Waals surface area contributed by atoms with E-state index in [0.717, 1.165) is 29.3 Å². The third-order valence-electron chi connectivity index (χ3n) is 4.17. The van der Waals surface area contributed by atoms with Gasteiger partial charge < -0.3 is 4.74 Å². The average molecular weight is 453 g/mol. The molecule has 1 atom stereocenters. The van der Waals surface area contributed by atoms with Gasteiger partial charge in [0.2, 0.25) is 10.0 Å². The zero-order chi connectivity index (χ0) is 22.3. The third kappa shape index (κ3) is 5.02. The smallest absolute Gasteiger partial charge is 0.406 e. The minimum atomic E-state index is -4.90. The number of halogens is 6. The second-order valence-electron chi connectivity index (χ2n) is 6.26. The Morgan fingerprint density at radius 3 is 2.00 bits per heavy atom. The quantitative estimate of drug-likeness (QED) is 0.707. The highest BCUT2D eigenvalue weighted by Crippen LogP contribution is 2.40. The Morgan fingerprint density at radius 1 is 0.967 bits per heavy atom. The summed E-state index contributed by atoms with van der Waals surface area (Å²) in [6.45, 7) is 0. The van der Waals surface area contributed by atoms with Crippen molar-refractivity contribution in [1.29, 1.82) is 0 Å². The number of hydrazone groups is 1. The summed E-state index contributed by atoms with van der Waals surface area (Å²) in [6.07, 6.45) is -10.2. The molecule has 0 spiro atoms. The Balaban J connectivity index is 1.94. The lowest BCUT2D eigenvalue weighted by atomic mass is 10.0. The second-order valence-corrected chi connectivity index (χ2v) is 7.83. The maximum absolute atomic E-state index is 13.2. The molecule has 1 unspecified atom stereocenters. The number of hydrogen-bond acceptors (Lipinski definition) is 5. The molecule has 3 rings (SSSR count). The highest BCUT2D eigenvalue weighted by atomic mass is 32.2. The minimum absolute atomic E-state index is 0.141. The number of anilines is 1. The number of rotatable bonds is 4. The third-order valence-corrected chi connectivity index (χ3v) is 5.10. The molecule has 162 valence electrons. The van der Waals surface area contributed by atoms with Crippen LogP contribution in [0.25, 0.3) is 0 Å². The van der Waals surface area contributed by atoms with E-state index in [-0.39, 0.29) is 16.1 Å². The van der Waals surface area contributed by atoms with Gasteiger partial charge in [0.25, 0.3) is 0 Å². The van der Waals surface area contributed by atoms with Crippen molar-refractivity contribution in [3.05, 3.63) is 54.1 Å². The van der Waals surface area contributed by atoms with E-state index in [4.69, 9.17) is 5.14 Å². The molecule has 0 aliphatic carbocycles. The molecule has 0 radical (unpaired) electrons. The Labute approximate surface area is 166 Å². The first-order chi connectivity index (χ1) is 13.7. The van der Waals surface area contributed by atoms with Crippen LogP contribution in [0.2, 0.25) is 0 Å². The van der Waals surface area contributed by atoms with Gasteiger partial charge in [-0.2, -0.15) is 18.3 Å². The summed E-state index contributed by atoms with van der Waals surface area (Å²) in [7, 11) is -4.00. The molecule has 0 saturated carbocycles. The summed E-state index contributed by atoms with van der Waals surface area (Å²) < 4.78 is 103. The summed E-state index contributed by atoms with van der Waals surface area (Å²) in [5, 5.41) is 9.62. The molecular weight excluding hydrogens is 440 g/mol. The monoisotopic (exact) mass is 453 g/mol. The first-order valence-corrected chi connectivity index (χ1v) is 9.71. The molecule has 0 fully saturated rings. The van der Waals surface area contributed by atoms with Crippen LogP contribution in [0.4, 0.5) is 32.0 Å². The van der Waals surface area contributed by atoms with Crippen LogP contribution >= 0.6 is 0 Å². The van der Waals surface area contributed by atoms with E-state index in [1.54, 1.807) is 0 Å². The average Bonchev–Trinajstić information content (AvgIpc) is 3.06. The lowest BCUT2D eigenvalue weighted by Crippen LogP contribution is -2.21. The van der Waals surface area contributed by atoms with Crippen molar-refractivity contribution < 1.29 is 39.5 Å². The predicted octanol–water partition coefficient (Wildman–Crippen LogP) is 4.10. The van der Waals surface area contributed by atoms with Gasteiger partial charge in [0.15, 0.2) is 0 Å². The first-order valence-electron chi connectivity index (χ1n) is 8.16. The van der Waals surface area contributed by atoms with E-state index >= 15 is 0 Å². The fraction of sp³-hybridized carbons (Fsp3) is 0.235. The predicted molar refractivity (Wildman–Crippen MR) is 94.3 cm³/mol. The van der Waals surface area contributed by atoms with Gasteiger partial charge in [-0.15, -0.1) is 13.2 Å². The zero-order valence-corrected chi connectivity index (χ0v) is 15.6. The molecule has 0 bridgehead atoms. The molecular formula is C17H13F6N3O3S. The Kier molecular flexibility index (Phi) is 5.45. The topological polar surface area (TPSA) is 85.0 Å². The lowest BCUT2D eigenvalue weighted by molar-refractivity contribution is -0.274. The maximum atomic E-state index is 13.2. The molecule has 2 aromatic carbocycles. The fourth-order valence-electron chi connectivity index (χ4n) is 2.86. The standard InChI is InChI=1S/C17H13F6N3O3S/c18-16(19,20)15-9-14(10-1-5-12(6-2-10)29-17(21,22)23)26(25-15)11-3-7-13(8-4-11)30(24,27)28/h1-8,14H,9H2,(H2,24,27,28). The Morgan fingerprint density at radius 2 is 1.53 bits per heavy atom. The van der Waals surface area contributed by atoms with Gasteiger partial charge in [0.05, 0.1) is 16.6 Å². The van der Waals surface area contributed by atoms with E-state index < -0.39 is 46.5 Å². The van der Waals surface area contributed by atoms with Gasteiger partial charge >= 0.3 is 12.5 Å². The number of alkyl halides is 6. The van der Waals surface area contributed by atoms with Crippen molar-refractivity contribution in [3.63, 3.8) is 0 Å². The minimum Gasteiger partial charge on any atom is -0.406 e. The first kappa shape index (κ1) is 21.9. The van der Waals surface area contributed by atoms with E-state index in [1.165, 1.54) is 24.3 Å². The van der Waals surface area contributed by atoms with E-state index in [9.17, 15) is 34.8 Å². The highest BCUT2D eigenvalue weighted by Gasteiger charge is 2.43. The maximum Gasteiger partial charge on any atom is 0.573 e. The van der Waals surface area contributed by atoms with Crippen molar-refractivity contribution >= 4 is 21.4 Å². The van der Waals surface area contributed by atoms with Crippen LogP contribution in [0.3, 0.4) is 0 Å². The second kappa shape index (κ2) is 7.47. The summed E-state index contributed by atoms with van der Waals surface area (Å²) in [6, 6.07) is 8.08. The molecule has 0 aromatic heterocycles. The largest absolute Gasteiger partial charge is 0.573 e. The highest BCUT2D eigenvalue weighted by molar-refractivity contribution is 7.89. The van der Waals surface area contributed by atoms with E-state index in [1.807, 2.05) is 0 Å². The summed E-state index contributed by atoms with van der Waals surface area (Å²) >= 11 is 0. The van der Waals surface area contributed by atoms with Crippen LogP contribution in [-0.2, 0) is 10.0 Å². The van der Waals surface area contributed by atoms with Crippen molar-refractivity contribution in [1.82, 2.24) is 0 Å². The van der Waals surface area contributed by atoms with Crippen molar-refractivity contribution in [2.24, 2.45) is 10.2 Å². The number of nitrogens with zero attached hydrogens (tertiary/aromatic N) is 2. The molecule has 0 saturated heterocycles. The summed E-state index contributed by atoms with van der Waals surface area (Å²) in [5.74, 6) is -0.523. The van der Waals surface area contributed by atoms with Crippen molar-refractivity contribution in [2.75, 3.05) is 5.01 Å². The van der Waals surface area contributed by atoms with Gasteiger partial charge in [-0.25, -0.2) is 13.6 Å². The Hall–Kier alpha value is -2.80. The SMILES string of the molecule is NS(=O)(=O)c1ccc(N2N=C(C(F)(F)F)CC2c2ccc(OC(F)(F)F)cc2)cc1. The van der Waals surface area contributed by atoms with Gasteiger partial charge in [-0.1, -0.05) is 12.1 Å². The number of sulfonamides is 1. The fourth-order valence-corrected chi connectivity index (χ4v) is 3.37. The van der Waals surface area contributed by atoms with E-state index in [2.05, 4.69) is 9.84 Å². The van der Waals surface area contributed by atoms with Crippen LogP contribution < -0.4 is 14.9 Å². The van der Waals surface area contributed by atoms with Gasteiger partial charge in [-0.3, -0.25) is 5.01 Å². The summed E-state index contributed by atoms with van der Waals surface area (Å²) in [4.78, 5) is -0.240. The van der Waals surface area contributed by atoms with Gasteiger partial charge in [0, 0.05) is 6.42 Å². The normalized spacial score (nSPS) is 17.8. The molecule has 1 aliphatic rings. The van der Waals surface area contributed by atoms with Crippen LogP contribution in [-0.4, -0.2) is 26.7 Å². The van der Waals surface area contributed by atoms with Crippen LogP contribution in [0.5, 0.6) is 5.75 Å². The van der Waals surface area contributed by atoms with Crippen LogP contribution in [0, 0.1) is 0 Å². The molecule has 2 aromatic rings. The molecule has 1 aliphatic heterocycles. The van der Waals surface area contributed by atoms with Crippen molar-refractivity contribution in [3.8, 4) is 5.75 Å². The molecule has 6 nitrogen and oxygen atoms in total. The van der Waals surface area contributed by atoms with Gasteiger partial charge in [0.1, 0.15) is 11.5 Å². The lowest BCUT2D eigenvalue weighted by Gasteiger charge is -2.24. The van der Waals surface area contributed by atoms with E-state index in [0.29, 0.717) is 0 Å². The van der Waals surface area contributed by atoms with Crippen molar-refractivity contribution in [2.45, 2.75) is 29.9 Å². The number of benzene rings is 2. The molecule has 0 amide bonds. The van der Waals surface area contributed by atoms with Crippen LogP contribution in [0.1, 0.15) is 18.0 Å². The molecule has 2 N–H and O–H groups in total. The molecule has 1 heterocycles. The number of hydrogen-bond donors (Lipinski definition) is 1. The number of ether oxygens (including phenoxy) is 1. The number of nitrogens with two attached hydrogens (primary N) is 1. The van der Waals surface area contributed by atoms with Gasteiger partial charge in [-0.05, 0) is 42.0 Å². The zero-order valence-electron chi connectivity index (χ0n) is 14.8. The Bertz CT molecular complexity index is 1050. The number of primary sulfonamides is 1. The summed E-state index contributed by atoms with van der Waals surface area (Å²) in [5.41, 5.74) is -0.691. The van der Waals surface area contributed by atoms with Crippen LogP contribution in [0.15, 0.2) is 58.5 Å². The molecule has 30 heavy (non-hydrogen) atoms. The molecule has 13 heteroatoms.